The summed E-state index contributed by atoms with van der Waals surface area (Å²) >= 11 is 0. The Balaban J connectivity index is 2.93. The highest BCUT2D eigenvalue weighted by Crippen LogP contribution is 2.12. The summed E-state index contributed by atoms with van der Waals surface area (Å²) in [6.07, 6.45) is 0. The zero-order chi connectivity index (χ0) is 16.0. The summed E-state index contributed by atoms with van der Waals surface area (Å²) in [6, 6.07) is 6.65. The van der Waals surface area contributed by atoms with Crippen molar-refractivity contribution in [1.82, 2.24) is 4.31 Å². The first kappa shape index (κ1) is 17.1. The quantitative estimate of drug-likeness (QED) is 0.520. The third kappa shape index (κ3) is 5.50. The summed E-state index contributed by atoms with van der Waals surface area (Å²) in [4.78, 5) is 21.8. The molecular weight excluding hydrogens is 296 g/mol. The number of carbonyl (C=O) groups is 2. The lowest BCUT2D eigenvalue weighted by molar-refractivity contribution is -0.120. The third-order valence-corrected chi connectivity index (χ3v) is 4.41. The predicted molar refractivity (Wildman–Crippen MR) is 76.9 cm³/mol. The van der Waals surface area contributed by atoms with E-state index in [1.165, 1.54) is 0 Å². The van der Waals surface area contributed by atoms with Crippen LogP contribution in [0.15, 0.2) is 24.3 Å². The number of carbonyl (C=O) groups excluding carboxylic acids is 2. The molecule has 0 atom stereocenters. The van der Waals surface area contributed by atoms with Crippen LogP contribution in [0.2, 0.25) is 0 Å². The van der Waals surface area contributed by atoms with Gasteiger partial charge >= 0.3 is 0 Å². The molecule has 0 aliphatic rings. The summed E-state index contributed by atoms with van der Waals surface area (Å²) in [6.45, 7) is -0.833. The molecule has 0 saturated heterocycles. The van der Waals surface area contributed by atoms with Gasteiger partial charge in [0.15, 0.2) is 0 Å². The predicted octanol–water partition coefficient (Wildman–Crippen LogP) is -1.75. The van der Waals surface area contributed by atoms with Crippen LogP contribution >= 0.6 is 0 Å². The molecule has 0 heterocycles. The standard InChI is InChI=1S/C12H18N4O4S/c13-5-9-1-3-10(4-2-9)8-21(19,20)16(6-11(14)17)7-12(15)18/h1-4H,5-8,13H2,(H2,14,17)(H2,15,18). The second-order valence-electron chi connectivity index (χ2n) is 4.48. The Labute approximate surface area is 122 Å². The monoisotopic (exact) mass is 314 g/mol. The molecule has 0 aliphatic heterocycles. The third-order valence-electron chi connectivity index (χ3n) is 2.67. The van der Waals surface area contributed by atoms with Crippen LogP contribution in [0.1, 0.15) is 11.1 Å². The van der Waals surface area contributed by atoms with E-state index in [-0.39, 0.29) is 5.75 Å². The van der Waals surface area contributed by atoms with Crippen LogP contribution in [0.4, 0.5) is 0 Å². The number of nitrogens with two attached hydrogens (primary N) is 3. The number of primary amides is 2. The molecule has 0 fully saturated rings. The minimum atomic E-state index is -3.88. The van der Waals surface area contributed by atoms with Gasteiger partial charge in [0.1, 0.15) is 0 Å². The fraction of sp³-hybridized carbons (Fsp3) is 0.333. The second-order valence-corrected chi connectivity index (χ2v) is 6.45. The van der Waals surface area contributed by atoms with Gasteiger partial charge in [-0.15, -0.1) is 0 Å². The highest BCUT2D eigenvalue weighted by molar-refractivity contribution is 7.88. The number of rotatable bonds is 8. The number of nitrogens with zero attached hydrogens (tertiary/aromatic N) is 1. The molecule has 6 N–H and O–H groups in total. The van der Waals surface area contributed by atoms with Crippen LogP contribution < -0.4 is 17.2 Å². The minimum Gasteiger partial charge on any atom is -0.369 e. The lowest BCUT2D eigenvalue weighted by Crippen LogP contribution is -2.43. The maximum absolute atomic E-state index is 12.2. The zero-order valence-corrected chi connectivity index (χ0v) is 12.2. The van der Waals surface area contributed by atoms with Crippen molar-refractivity contribution in [2.45, 2.75) is 12.3 Å². The van der Waals surface area contributed by atoms with Crippen LogP contribution in [0.25, 0.3) is 0 Å². The van der Waals surface area contributed by atoms with Crippen LogP contribution in [-0.2, 0) is 31.9 Å². The van der Waals surface area contributed by atoms with Gasteiger partial charge in [0.25, 0.3) is 0 Å². The summed E-state index contributed by atoms with van der Waals surface area (Å²) in [5, 5.41) is 0. The number of amides is 2. The van der Waals surface area contributed by atoms with Gasteiger partial charge in [-0.05, 0) is 11.1 Å². The molecular formula is C12H18N4O4S. The van der Waals surface area contributed by atoms with Gasteiger partial charge in [-0.3, -0.25) is 9.59 Å². The molecule has 0 aliphatic carbocycles. The van der Waals surface area contributed by atoms with E-state index in [2.05, 4.69) is 0 Å². The molecule has 1 rings (SSSR count). The van der Waals surface area contributed by atoms with Gasteiger partial charge in [0.05, 0.1) is 18.8 Å². The molecule has 1 aromatic carbocycles. The summed E-state index contributed by atoms with van der Waals surface area (Å²) in [7, 11) is -3.88. The average Bonchev–Trinajstić information content (AvgIpc) is 2.37. The van der Waals surface area contributed by atoms with Crippen LogP contribution in [0.3, 0.4) is 0 Å². The Morgan fingerprint density at radius 1 is 0.952 bits per heavy atom. The lowest BCUT2D eigenvalue weighted by Gasteiger charge is -2.19. The van der Waals surface area contributed by atoms with E-state index in [4.69, 9.17) is 17.2 Å². The Bertz CT molecular complexity index is 597. The molecule has 2 amide bonds. The van der Waals surface area contributed by atoms with E-state index < -0.39 is 34.9 Å². The van der Waals surface area contributed by atoms with E-state index in [0.717, 1.165) is 5.56 Å². The van der Waals surface area contributed by atoms with Gasteiger partial charge in [-0.2, -0.15) is 4.31 Å². The fourth-order valence-corrected chi connectivity index (χ4v) is 3.12. The van der Waals surface area contributed by atoms with Gasteiger partial charge < -0.3 is 17.2 Å². The van der Waals surface area contributed by atoms with Crippen molar-refractivity contribution in [3.8, 4) is 0 Å². The van der Waals surface area contributed by atoms with Gasteiger partial charge in [0.2, 0.25) is 21.8 Å². The number of hydrogen-bond donors (Lipinski definition) is 3. The smallest absolute Gasteiger partial charge is 0.232 e. The number of sulfonamides is 1. The van der Waals surface area contributed by atoms with Crippen molar-refractivity contribution >= 4 is 21.8 Å². The highest BCUT2D eigenvalue weighted by Gasteiger charge is 2.25. The average molecular weight is 314 g/mol. The molecule has 0 spiro atoms. The topological polar surface area (TPSA) is 150 Å². The van der Waals surface area contributed by atoms with Gasteiger partial charge in [0, 0.05) is 6.54 Å². The second kappa shape index (κ2) is 7.16. The van der Waals surface area contributed by atoms with E-state index in [1.807, 2.05) is 0 Å². The van der Waals surface area contributed by atoms with Crippen molar-refractivity contribution < 1.29 is 18.0 Å². The SMILES string of the molecule is NCc1ccc(CS(=O)(=O)N(CC(N)=O)CC(N)=O)cc1. The van der Waals surface area contributed by atoms with Crippen LogP contribution in [0, 0.1) is 0 Å². The molecule has 116 valence electrons. The first-order valence-electron chi connectivity index (χ1n) is 6.07. The molecule has 0 saturated carbocycles. The molecule has 8 nitrogen and oxygen atoms in total. The van der Waals surface area contributed by atoms with Crippen molar-refractivity contribution in [3.05, 3.63) is 35.4 Å². The molecule has 0 radical (unpaired) electrons. The van der Waals surface area contributed by atoms with E-state index in [9.17, 15) is 18.0 Å². The summed E-state index contributed by atoms with van der Waals surface area (Å²) in [5.41, 5.74) is 16.8. The highest BCUT2D eigenvalue weighted by atomic mass is 32.2. The van der Waals surface area contributed by atoms with Crippen molar-refractivity contribution in [3.63, 3.8) is 0 Å². The lowest BCUT2D eigenvalue weighted by atomic mass is 10.1. The number of hydrogen-bond acceptors (Lipinski definition) is 5. The first-order valence-corrected chi connectivity index (χ1v) is 7.68. The normalized spacial score (nSPS) is 11.5. The minimum absolute atomic E-state index is 0.350. The fourth-order valence-electron chi connectivity index (χ4n) is 1.67. The maximum Gasteiger partial charge on any atom is 0.232 e. The Hall–Kier alpha value is -1.97. The maximum atomic E-state index is 12.2. The Kier molecular flexibility index (Phi) is 5.82. The molecule has 0 unspecified atom stereocenters. The van der Waals surface area contributed by atoms with Gasteiger partial charge in [-0.1, -0.05) is 24.3 Å². The Morgan fingerprint density at radius 2 is 1.38 bits per heavy atom. The molecule has 0 bridgehead atoms. The molecule has 1 aromatic rings. The molecule has 21 heavy (non-hydrogen) atoms. The Morgan fingerprint density at radius 3 is 1.76 bits per heavy atom. The van der Waals surface area contributed by atoms with E-state index >= 15 is 0 Å². The van der Waals surface area contributed by atoms with Crippen molar-refractivity contribution in [1.29, 1.82) is 0 Å². The summed E-state index contributed by atoms with van der Waals surface area (Å²) < 4.78 is 25.1. The first-order chi connectivity index (χ1) is 9.74. The van der Waals surface area contributed by atoms with Crippen LogP contribution in [-0.4, -0.2) is 37.6 Å². The molecule has 0 aromatic heterocycles. The van der Waals surface area contributed by atoms with Gasteiger partial charge in [-0.25, -0.2) is 8.42 Å². The number of benzene rings is 1. The van der Waals surface area contributed by atoms with E-state index in [1.54, 1.807) is 24.3 Å². The zero-order valence-electron chi connectivity index (χ0n) is 11.4. The van der Waals surface area contributed by atoms with Crippen molar-refractivity contribution in [2.75, 3.05) is 13.1 Å². The van der Waals surface area contributed by atoms with Crippen LogP contribution in [0.5, 0.6) is 0 Å². The summed E-state index contributed by atoms with van der Waals surface area (Å²) in [5.74, 6) is -2.09. The largest absolute Gasteiger partial charge is 0.369 e. The van der Waals surface area contributed by atoms with E-state index in [0.29, 0.717) is 16.4 Å². The van der Waals surface area contributed by atoms with Crippen molar-refractivity contribution in [2.24, 2.45) is 17.2 Å². The molecule has 9 heteroatoms.